The van der Waals surface area contributed by atoms with Gasteiger partial charge in [0.25, 0.3) is 10.0 Å². The van der Waals surface area contributed by atoms with Gasteiger partial charge in [-0.15, -0.1) is 0 Å². The molecule has 0 aliphatic heterocycles. The Balaban J connectivity index is 2.35. The summed E-state index contributed by atoms with van der Waals surface area (Å²) in [7, 11) is -3.89. The highest BCUT2D eigenvalue weighted by molar-refractivity contribution is 7.92. The van der Waals surface area contributed by atoms with E-state index in [4.69, 9.17) is 5.84 Å². The number of hydrogen-bond acceptors (Lipinski definition) is 5. The van der Waals surface area contributed by atoms with Crippen molar-refractivity contribution in [3.63, 3.8) is 0 Å². The van der Waals surface area contributed by atoms with Gasteiger partial charge in [-0.2, -0.15) is 0 Å². The number of hydrogen-bond donors (Lipinski definition) is 3. The summed E-state index contributed by atoms with van der Waals surface area (Å²) in [6.45, 7) is 0. The number of nitrogens with two attached hydrogens (primary N) is 1. The molecule has 0 unspecified atom stereocenters. The maximum absolute atomic E-state index is 13.4. The molecule has 0 atom stereocenters. The lowest BCUT2D eigenvalue weighted by Crippen LogP contribution is -2.15. The normalized spacial score (nSPS) is 11.1. The molecule has 0 saturated heterocycles. The van der Waals surface area contributed by atoms with Crippen molar-refractivity contribution >= 4 is 21.5 Å². The highest BCUT2D eigenvalue weighted by atomic mass is 32.2. The largest absolute Gasteiger partial charge is 0.308 e. The van der Waals surface area contributed by atoms with Crippen LogP contribution in [0.15, 0.2) is 47.5 Å². The van der Waals surface area contributed by atoms with Gasteiger partial charge in [0.2, 0.25) is 0 Å². The van der Waals surface area contributed by atoms with Gasteiger partial charge in [0.05, 0.1) is 10.6 Å². The van der Waals surface area contributed by atoms with Crippen molar-refractivity contribution < 1.29 is 12.8 Å². The summed E-state index contributed by atoms with van der Waals surface area (Å²) in [5.41, 5.74) is 2.11. The van der Waals surface area contributed by atoms with Crippen LogP contribution in [0.5, 0.6) is 0 Å². The first-order valence-electron chi connectivity index (χ1n) is 5.23. The molecule has 19 heavy (non-hydrogen) atoms. The summed E-state index contributed by atoms with van der Waals surface area (Å²) in [4.78, 5) is 3.72. The Bertz CT molecular complexity index is 691. The first-order valence-corrected chi connectivity index (χ1v) is 6.71. The molecule has 100 valence electrons. The Labute approximate surface area is 109 Å². The monoisotopic (exact) mass is 282 g/mol. The standard InChI is InChI=1S/C11H11FN4O2S/c12-9-3-1-2-4-10(9)16-19(17,18)8-5-6-14-11(7-8)15-13/h1-7,16H,13H2,(H,14,15). The van der Waals surface area contributed by atoms with Crippen LogP contribution in [-0.2, 0) is 10.0 Å². The third kappa shape index (κ3) is 2.98. The molecule has 8 heteroatoms. The zero-order valence-corrected chi connectivity index (χ0v) is 10.5. The van der Waals surface area contributed by atoms with E-state index in [0.717, 1.165) is 6.07 Å². The Morgan fingerprint density at radius 2 is 1.95 bits per heavy atom. The van der Waals surface area contributed by atoms with Crippen molar-refractivity contribution in [2.24, 2.45) is 5.84 Å². The molecule has 6 nitrogen and oxygen atoms in total. The fourth-order valence-corrected chi connectivity index (χ4v) is 2.48. The van der Waals surface area contributed by atoms with E-state index in [-0.39, 0.29) is 16.4 Å². The number of pyridine rings is 1. The van der Waals surface area contributed by atoms with E-state index in [1.165, 1.54) is 36.5 Å². The van der Waals surface area contributed by atoms with E-state index in [9.17, 15) is 12.8 Å². The Kier molecular flexibility index (Phi) is 3.63. The quantitative estimate of drug-likeness (QED) is 0.580. The zero-order chi connectivity index (χ0) is 13.9. The van der Waals surface area contributed by atoms with Gasteiger partial charge in [0.15, 0.2) is 0 Å². The molecule has 2 rings (SSSR count). The van der Waals surface area contributed by atoms with E-state index >= 15 is 0 Å². The number of nitrogens with one attached hydrogen (secondary N) is 2. The minimum atomic E-state index is -3.89. The molecule has 4 N–H and O–H groups in total. The van der Waals surface area contributed by atoms with E-state index in [0.29, 0.717) is 0 Å². The van der Waals surface area contributed by atoms with Crippen LogP contribution in [0.25, 0.3) is 0 Å². The highest BCUT2D eigenvalue weighted by Gasteiger charge is 2.16. The average molecular weight is 282 g/mol. The third-order valence-electron chi connectivity index (χ3n) is 2.31. The molecular weight excluding hydrogens is 271 g/mol. The van der Waals surface area contributed by atoms with E-state index in [2.05, 4.69) is 15.1 Å². The van der Waals surface area contributed by atoms with Gasteiger partial charge < -0.3 is 5.43 Å². The molecule has 0 fully saturated rings. The van der Waals surface area contributed by atoms with Gasteiger partial charge in [0.1, 0.15) is 11.6 Å². The van der Waals surface area contributed by atoms with Crippen molar-refractivity contribution in [2.75, 3.05) is 10.1 Å². The van der Waals surface area contributed by atoms with E-state index < -0.39 is 15.8 Å². The summed E-state index contributed by atoms with van der Waals surface area (Å²) < 4.78 is 39.7. The predicted molar refractivity (Wildman–Crippen MR) is 69.3 cm³/mol. The predicted octanol–water partition coefficient (Wildman–Crippen LogP) is 1.31. The Morgan fingerprint density at radius 3 is 2.63 bits per heavy atom. The number of sulfonamides is 1. The van der Waals surface area contributed by atoms with Crippen molar-refractivity contribution in [1.29, 1.82) is 0 Å². The van der Waals surface area contributed by atoms with Crippen LogP contribution in [0.2, 0.25) is 0 Å². The fourth-order valence-electron chi connectivity index (χ4n) is 1.40. The molecule has 1 aromatic heterocycles. The number of rotatable bonds is 4. The number of aromatic nitrogens is 1. The molecule has 0 aliphatic carbocycles. The Hall–Kier alpha value is -2.19. The number of halogens is 1. The van der Waals surface area contributed by atoms with Crippen molar-refractivity contribution in [3.8, 4) is 0 Å². The van der Waals surface area contributed by atoms with Crippen LogP contribution in [0.1, 0.15) is 0 Å². The number of nitrogen functional groups attached to an aromatic ring is 1. The van der Waals surface area contributed by atoms with Crippen LogP contribution < -0.4 is 16.0 Å². The lowest BCUT2D eigenvalue weighted by atomic mass is 10.3. The molecule has 0 spiro atoms. The third-order valence-corrected chi connectivity index (χ3v) is 3.67. The van der Waals surface area contributed by atoms with E-state index in [1.54, 1.807) is 0 Å². The summed E-state index contributed by atoms with van der Waals surface area (Å²) in [6.07, 6.45) is 1.28. The van der Waals surface area contributed by atoms with Crippen LogP contribution in [-0.4, -0.2) is 13.4 Å². The second-order valence-corrected chi connectivity index (χ2v) is 5.29. The topological polar surface area (TPSA) is 97.1 Å². The van der Waals surface area contributed by atoms with Gasteiger partial charge in [-0.1, -0.05) is 12.1 Å². The van der Waals surface area contributed by atoms with Crippen molar-refractivity contribution in [3.05, 3.63) is 48.4 Å². The first kappa shape index (κ1) is 13.2. The molecule has 1 heterocycles. The first-order chi connectivity index (χ1) is 9.03. The number of anilines is 2. The molecule has 1 aromatic carbocycles. The highest BCUT2D eigenvalue weighted by Crippen LogP contribution is 2.19. The minimum absolute atomic E-state index is 0.0706. The number of para-hydroxylation sites is 1. The van der Waals surface area contributed by atoms with Gasteiger partial charge in [0, 0.05) is 12.3 Å². The summed E-state index contributed by atoms with van der Waals surface area (Å²) in [6, 6.07) is 8.01. The SMILES string of the molecule is NNc1cc(S(=O)(=O)Nc2ccccc2F)ccn1. The fraction of sp³-hybridized carbons (Fsp3) is 0. The van der Waals surface area contributed by atoms with Crippen LogP contribution in [0, 0.1) is 5.82 Å². The van der Waals surface area contributed by atoms with Crippen LogP contribution in [0.3, 0.4) is 0 Å². The summed E-state index contributed by atoms with van der Waals surface area (Å²) in [5, 5.41) is 0. The van der Waals surface area contributed by atoms with Gasteiger partial charge >= 0.3 is 0 Å². The molecule has 2 aromatic rings. The molecular formula is C11H11FN4O2S. The van der Waals surface area contributed by atoms with E-state index in [1.807, 2.05) is 0 Å². The second kappa shape index (κ2) is 5.21. The maximum Gasteiger partial charge on any atom is 0.262 e. The summed E-state index contributed by atoms with van der Waals surface area (Å²) >= 11 is 0. The van der Waals surface area contributed by atoms with Crippen molar-refractivity contribution in [1.82, 2.24) is 4.98 Å². The minimum Gasteiger partial charge on any atom is -0.308 e. The number of benzene rings is 1. The zero-order valence-electron chi connectivity index (χ0n) is 9.67. The number of nitrogens with zero attached hydrogens (tertiary/aromatic N) is 1. The molecule has 0 aliphatic rings. The van der Waals surface area contributed by atoms with Crippen LogP contribution in [0.4, 0.5) is 15.9 Å². The molecule has 0 saturated carbocycles. The van der Waals surface area contributed by atoms with Gasteiger partial charge in [-0.05, 0) is 18.2 Å². The number of hydrazine groups is 1. The molecule has 0 bridgehead atoms. The van der Waals surface area contributed by atoms with Crippen molar-refractivity contribution in [2.45, 2.75) is 4.90 Å². The lowest BCUT2D eigenvalue weighted by molar-refractivity contribution is 0.598. The lowest BCUT2D eigenvalue weighted by Gasteiger charge is -2.09. The van der Waals surface area contributed by atoms with Crippen LogP contribution >= 0.6 is 0 Å². The van der Waals surface area contributed by atoms with Gasteiger partial charge in [-0.3, -0.25) is 4.72 Å². The Morgan fingerprint density at radius 1 is 1.21 bits per heavy atom. The summed E-state index contributed by atoms with van der Waals surface area (Å²) in [5.74, 6) is 4.69. The van der Waals surface area contributed by atoms with Gasteiger partial charge in [-0.25, -0.2) is 23.6 Å². The maximum atomic E-state index is 13.4. The average Bonchev–Trinajstić information content (AvgIpc) is 2.41. The second-order valence-electron chi connectivity index (χ2n) is 3.61. The molecule has 0 radical (unpaired) electrons. The molecule has 0 amide bonds. The smallest absolute Gasteiger partial charge is 0.262 e.